The maximum Gasteiger partial charge on any atom is 0.318 e. The zero-order valence-corrected chi connectivity index (χ0v) is 10.9. The van der Waals surface area contributed by atoms with Gasteiger partial charge in [0.1, 0.15) is 0 Å². The molecule has 18 heavy (non-hydrogen) atoms. The van der Waals surface area contributed by atoms with Crippen molar-refractivity contribution in [3.63, 3.8) is 0 Å². The van der Waals surface area contributed by atoms with Crippen LogP contribution in [0.2, 0.25) is 0 Å². The number of hydrogen-bond acceptors (Lipinski definition) is 4. The summed E-state index contributed by atoms with van der Waals surface area (Å²) in [5, 5.41) is 8.44. The molecular formula is C12H17N3O2S. The first kappa shape index (κ1) is 12.0. The van der Waals surface area contributed by atoms with Gasteiger partial charge in [-0.15, -0.1) is 11.3 Å². The van der Waals surface area contributed by atoms with E-state index in [9.17, 15) is 4.79 Å². The molecule has 0 spiro atoms. The van der Waals surface area contributed by atoms with E-state index in [0.29, 0.717) is 13.2 Å². The minimum Gasteiger partial charge on any atom is -0.378 e. The Bertz CT molecular complexity index is 403. The minimum atomic E-state index is 0.0285. The lowest BCUT2D eigenvalue weighted by Gasteiger charge is -2.27. The summed E-state index contributed by atoms with van der Waals surface area (Å²) in [7, 11) is 0. The monoisotopic (exact) mass is 267 g/mol. The lowest BCUT2D eigenvalue weighted by Crippen LogP contribution is -2.49. The third-order valence-corrected chi connectivity index (χ3v) is 4.30. The van der Waals surface area contributed by atoms with E-state index in [1.807, 2.05) is 16.3 Å². The average Bonchev–Trinajstić information content (AvgIpc) is 3.01. The molecule has 5 nitrogen and oxygen atoms in total. The van der Waals surface area contributed by atoms with Gasteiger partial charge in [-0.1, -0.05) is 6.07 Å². The second-order valence-electron chi connectivity index (χ2n) is 4.65. The predicted molar refractivity (Wildman–Crippen MR) is 69.8 cm³/mol. The van der Waals surface area contributed by atoms with E-state index in [0.717, 1.165) is 19.7 Å². The molecule has 2 amide bonds. The molecule has 2 aliphatic heterocycles. The standard InChI is InChI=1S/C12H17N3O2S/c16-12-14-10(11-2-1-5-18-11)7-15(12)6-9-8-17-4-3-13-9/h1-2,5,9-10,13H,3-4,6-8H2,(H,14,16). The van der Waals surface area contributed by atoms with E-state index < -0.39 is 0 Å². The molecule has 6 heteroatoms. The molecule has 2 N–H and O–H groups in total. The van der Waals surface area contributed by atoms with Gasteiger partial charge in [0.25, 0.3) is 0 Å². The normalized spacial score (nSPS) is 28.4. The van der Waals surface area contributed by atoms with Crippen LogP contribution in [-0.4, -0.2) is 49.8 Å². The van der Waals surface area contributed by atoms with Crippen molar-refractivity contribution in [2.75, 3.05) is 32.8 Å². The second kappa shape index (κ2) is 5.26. The number of morpholine rings is 1. The van der Waals surface area contributed by atoms with Crippen LogP contribution in [0.5, 0.6) is 0 Å². The number of amides is 2. The molecule has 0 bridgehead atoms. The van der Waals surface area contributed by atoms with E-state index in [2.05, 4.69) is 16.7 Å². The lowest BCUT2D eigenvalue weighted by atomic mass is 10.2. The summed E-state index contributed by atoms with van der Waals surface area (Å²) in [5.41, 5.74) is 0. The predicted octanol–water partition coefficient (Wildman–Crippen LogP) is 0.803. The van der Waals surface area contributed by atoms with E-state index >= 15 is 0 Å². The number of nitrogens with one attached hydrogen (secondary N) is 2. The fourth-order valence-electron chi connectivity index (χ4n) is 2.40. The van der Waals surface area contributed by atoms with Crippen LogP contribution in [0.3, 0.4) is 0 Å². The summed E-state index contributed by atoms with van der Waals surface area (Å²) < 4.78 is 5.41. The van der Waals surface area contributed by atoms with Gasteiger partial charge in [-0.05, 0) is 11.4 Å². The molecule has 0 saturated carbocycles. The van der Waals surface area contributed by atoms with Gasteiger partial charge in [0.05, 0.1) is 19.3 Å². The van der Waals surface area contributed by atoms with Crippen molar-refractivity contribution in [1.82, 2.24) is 15.5 Å². The number of carbonyl (C=O) groups is 1. The third kappa shape index (κ3) is 2.50. The fourth-order valence-corrected chi connectivity index (χ4v) is 3.17. The van der Waals surface area contributed by atoms with Crippen LogP contribution in [0.25, 0.3) is 0 Å². The molecule has 1 aromatic heterocycles. The molecule has 0 aliphatic carbocycles. The van der Waals surface area contributed by atoms with Crippen LogP contribution in [0.15, 0.2) is 17.5 Å². The van der Waals surface area contributed by atoms with Crippen molar-refractivity contribution in [2.45, 2.75) is 12.1 Å². The van der Waals surface area contributed by atoms with Crippen molar-refractivity contribution < 1.29 is 9.53 Å². The maximum atomic E-state index is 11.9. The summed E-state index contributed by atoms with van der Waals surface area (Å²) in [4.78, 5) is 15.0. The number of urea groups is 1. The highest BCUT2D eigenvalue weighted by molar-refractivity contribution is 7.10. The van der Waals surface area contributed by atoms with Crippen LogP contribution >= 0.6 is 11.3 Å². The Balaban J connectivity index is 1.58. The first-order valence-corrected chi connectivity index (χ1v) is 7.11. The molecule has 0 aromatic carbocycles. The highest BCUT2D eigenvalue weighted by atomic mass is 32.1. The van der Waals surface area contributed by atoms with Gasteiger partial charge in [-0.3, -0.25) is 0 Å². The van der Waals surface area contributed by atoms with E-state index in [4.69, 9.17) is 4.74 Å². The molecule has 0 radical (unpaired) electrons. The average molecular weight is 267 g/mol. The quantitative estimate of drug-likeness (QED) is 0.852. The molecule has 98 valence electrons. The van der Waals surface area contributed by atoms with Gasteiger partial charge in [0.2, 0.25) is 0 Å². The van der Waals surface area contributed by atoms with Crippen molar-refractivity contribution in [2.24, 2.45) is 0 Å². The van der Waals surface area contributed by atoms with Crippen LogP contribution in [0.1, 0.15) is 10.9 Å². The van der Waals surface area contributed by atoms with Gasteiger partial charge in [0, 0.05) is 30.6 Å². The highest BCUT2D eigenvalue weighted by Crippen LogP contribution is 2.24. The number of rotatable bonds is 3. The Labute approximate surface area is 110 Å². The summed E-state index contributed by atoms with van der Waals surface area (Å²) in [5.74, 6) is 0. The molecular weight excluding hydrogens is 250 g/mol. The summed E-state index contributed by atoms with van der Waals surface area (Å²) in [6.07, 6.45) is 0. The number of ether oxygens (including phenoxy) is 1. The van der Waals surface area contributed by atoms with Gasteiger partial charge < -0.3 is 20.3 Å². The van der Waals surface area contributed by atoms with Crippen molar-refractivity contribution >= 4 is 17.4 Å². The Hall–Kier alpha value is -1.11. The zero-order chi connectivity index (χ0) is 12.4. The molecule has 2 atom stereocenters. The van der Waals surface area contributed by atoms with Gasteiger partial charge in [-0.2, -0.15) is 0 Å². The summed E-state index contributed by atoms with van der Waals surface area (Å²) >= 11 is 1.69. The van der Waals surface area contributed by atoms with Gasteiger partial charge >= 0.3 is 6.03 Å². The molecule has 2 aliphatic rings. The van der Waals surface area contributed by atoms with E-state index in [1.54, 1.807) is 11.3 Å². The first-order valence-electron chi connectivity index (χ1n) is 6.23. The largest absolute Gasteiger partial charge is 0.378 e. The molecule has 2 saturated heterocycles. The van der Waals surface area contributed by atoms with Crippen LogP contribution in [0.4, 0.5) is 4.79 Å². The lowest BCUT2D eigenvalue weighted by molar-refractivity contribution is 0.0679. The van der Waals surface area contributed by atoms with Crippen molar-refractivity contribution in [3.05, 3.63) is 22.4 Å². The van der Waals surface area contributed by atoms with E-state index in [-0.39, 0.29) is 18.1 Å². The van der Waals surface area contributed by atoms with Crippen molar-refractivity contribution in [3.8, 4) is 0 Å². The Morgan fingerprint density at radius 3 is 3.22 bits per heavy atom. The molecule has 2 unspecified atom stereocenters. The molecule has 3 heterocycles. The SMILES string of the molecule is O=C1NC(c2cccs2)CN1CC1COCCN1. The maximum absolute atomic E-state index is 11.9. The number of nitrogens with zero attached hydrogens (tertiary/aromatic N) is 1. The number of carbonyl (C=O) groups excluding carboxylic acids is 1. The first-order chi connectivity index (χ1) is 8.83. The van der Waals surface area contributed by atoms with Crippen LogP contribution < -0.4 is 10.6 Å². The zero-order valence-electron chi connectivity index (χ0n) is 10.1. The smallest absolute Gasteiger partial charge is 0.318 e. The molecule has 1 aromatic rings. The fraction of sp³-hybridized carbons (Fsp3) is 0.583. The molecule has 2 fully saturated rings. The number of hydrogen-bond donors (Lipinski definition) is 2. The minimum absolute atomic E-state index is 0.0285. The third-order valence-electron chi connectivity index (χ3n) is 3.31. The van der Waals surface area contributed by atoms with Gasteiger partial charge in [-0.25, -0.2) is 4.79 Å². The second-order valence-corrected chi connectivity index (χ2v) is 5.63. The Kier molecular flexibility index (Phi) is 3.49. The van der Waals surface area contributed by atoms with Gasteiger partial charge in [0.15, 0.2) is 0 Å². The number of thiophene rings is 1. The topological polar surface area (TPSA) is 53.6 Å². The Morgan fingerprint density at radius 2 is 2.50 bits per heavy atom. The summed E-state index contributed by atoms with van der Waals surface area (Å²) in [6, 6.07) is 4.52. The van der Waals surface area contributed by atoms with Crippen LogP contribution in [0, 0.1) is 0 Å². The van der Waals surface area contributed by atoms with Crippen LogP contribution in [-0.2, 0) is 4.74 Å². The molecule has 3 rings (SSSR count). The summed E-state index contributed by atoms with van der Waals surface area (Å²) in [6.45, 7) is 3.79. The van der Waals surface area contributed by atoms with E-state index in [1.165, 1.54) is 4.88 Å². The van der Waals surface area contributed by atoms with Crippen molar-refractivity contribution in [1.29, 1.82) is 0 Å². The Morgan fingerprint density at radius 1 is 1.56 bits per heavy atom. The highest BCUT2D eigenvalue weighted by Gasteiger charge is 2.32.